The first kappa shape index (κ1) is 21.5. The number of nitrogens with zero attached hydrogens (tertiary/aromatic N) is 5. The smallest absolute Gasteiger partial charge is 0.269 e. The molecule has 2 aliphatic rings. The molecule has 0 saturated heterocycles. The summed E-state index contributed by atoms with van der Waals surface area (Å²) >= 11 is 0. The summed E-state index contributed by atoms with van der Waals surface area (Å²) in [6, 6.07) is 3.30. The number of imidazole rings is 1. The third kappa shape index (κ3) is 4.71. The molecule has 2 N–H and O–H groups in total. The maximum absolute atomic E-state index is 13.1. The van der Waals surface area contributed by atoms with Crippen LogP contribution in [0.15, 0.2) is 30.7 Å². The summed E-state index contributed by atoms with van der Waals surface area (Å²) in [6.07, 6.45) is 6.69. The van der Waals surface area contributed by atoms with Crippen molar-refractivity contribution in [3.05, 3.63) is 47.7 Å². The van der Waals surface area contributed by atoms with E-state index in [1.54, 1.807) is 36.2 Å². The molecule has 0 spiro atoms. The van der Waals surface area contributed by atoms with Gasteiger partial charge >= 0.3 is 0 Å². The van der Waals surface area contributed by atoms with E-state index in [0.717, 1.165) is 18.4 Å². The van der Waals surface area contributed by atoms with E-state index in [4.69, 9.17) is 0 Å². The number of hydrogen-bond acceptors (Lipinski definition) is 5. The number of rotatable bonds is 8. The Kier molecular flexibility index (Phi) is 5.34. The number of aryl methyl sites for hydroxylation is 1. The van der Waals surface area contributed by atoms with Crippen LogP contribution in [-0.4, -0.2) is 42.1 Å². The van der Waals surface area contributed by atoms with Crippen LogP contribution < -0.4 is 10.6 Å². The number of hydrogen-bond donors (Lipinski definition) is 2. The number of carbonyl (C=O) groups is 2. The average molecular weight is 457 g/mol. The van der Waals surface area contributed by atoms with Gasteiger partial charge in [-0.2, -0.15) is 10.2 Å². The van der Waals surface area contributed by atoms with Gasteiger partial charge in [0.1, 0.15) is 5.69 Å². The topological polar surface area (TPSA) is 106 Å². The van der Waals surface area contributed by atoms with Gasteiger partial charge < -0.3 is 10.6 Å². The fourth-order valence-electron chi connectivity index (χ4n) is 4.38. The van der Waals surface area contributed by atoms with Crippen molar-refractivity contribution in [2.45, 2.75) is 50.6 Å². The second-order valence-corrected chi connectivity index (χ2v) is 9.06. The van der Waals surface area contributed by atoms with Crippen LogP contribution in [0.25, 0.3) is 5.65 Å². The Bertz CT molecular complexity index is 1190. The standard InChI is InChI=1S/C22H25F2N7O2/c1-30-17(4-5-26-30)21(33)25-11-16-12-31-18(28-16)7-15(10-27-31)20(14-2-3-14)29-19(32)6-13-8-22(23,24)9-13/h4-5,7,10,12-14,20H,2-3,6,8-9,11H2,1H3,(H,25,33)(H,29,32). The quantitative estimate of drug-likeness (QED) is 0.540. The van der Waals surface area contributed by atoms with Gasteiger partial charge in [0.15, 0.2) is 5.65 Å². The van der Waals surface area contributed by atoms with Crippen molar-refractivity contribution < 1.29 is 18.4 Å². The number of carbonyl (C=O) groups excluding carboxylic acids is 2. The minimum absolute atomic E-state index is 0.123. The highest BCUT2D eigenvalue weighted by Gasteiger charge is 2.46. The zero-order valence-electron chi connectivity index (χ0n) is 18.2. The van der Waals surface area contributed by atoms with Crippen molar-refractivity contribution >= 4 is 17.5 Å². The summed E-state index contributed by atoms with van der Waals surface area (Å²) in [5.41, 5.74) is 2.55. The molecule has 174 valence electrons. The highest BCUT2D eigenvalue weighted by molar-refractivity contribution is 5.92. The van der Waals surface area contributed by atoms with E-state index in [9.17, 15) is 18.4 Å². The molecular formula is C22H25F2N7O2. The molecule has 9 nitrogen and oxygen atoms in total. The van der Waals surface area contributed by atoms with Gasteiger partial charge in [-0.05, 0) is 42.4 Å². The van der Waals surface area contributed by atoms with Crippen LogP contribution in [0.4, 0.5) is 8.78 Å². The van der Waals surface area contributed by atoms with Crippen LogP contribution in [0.5, 0.6) is 0 Å². The normalized spacial score (nSPS) is 18.6. The van der Waals surface area contributed by atoms with E-state index in [2.05, 4.69) is 25.8 Å². The number of aromatic nitrogens is 5. The number of amides is 2. The van der Waals surface area contributed by atoms with Gasteiger partial charge in [-0.3, -0.25) is 14.3 Å². The number of halogens is 2. The summed E-state index contributed by atoms with van der Waals surface area (Å²) in [5, 5.41) is 14.2. The van der Waals surface area contributed by atoms with Gasteiger partial charge in [0, 0.05) is 32.5 Å². The van der Waals surface area contributed by atoms with Crippen molar-refractivity contribution in [3.63, 3.8) is 0 Å². The molecule has 3 aromatic rings. The van der Waals surface area contributed by atoms with Crippen molar-refractivity contribution in [1.29, 1.82) is 0 Å². The van der Waals surface area contributed by atoms with Crippen LogP contribution in [-0.2, 0) is 18.4 Å². The van der Waals surface area contributed by atoms with E-state index >= 15 is 0 Å². The van der Waals surface area contributed by atoms with Crippen molar-refractivity contribution in [2.75, 3.05) is 0 Å². The molecule has 3 heterocycles. The summed E-state index contributed by atoms with van der Waals surface area (Å²) in [4.78, 5) is 29.3. The van der Waals surface area contributed by atoms with Crippen LogP contribution in [0.1, 0.15) is 59.9 Å². The van der Waals surface area contributed by atoms with Crippen LogP contribution >= 0.6 is 0 Å². The van der Waals surface area contributed by atoms with E-state index in [1.165, 1.54) is 4.68 Å². The minimum Gasteiger partial charge on any atom is -0.349 e. The first-order valence-corrected chi connectivity index (χ1v) is 11.0. The molecule has 5 rings (SSSR count). The summed E-state index contributed by atoms with van der Waals surface area (Å²) < 4.78 is 29.3. The minimum atomic E-state index is -2.62. The molecule has 11 heteroatoms. The zero-order valence-corrected chi connectivity index (χ0v) is 18.2. The second kappa shape index (κ2) is 8.20. The molecule has 2 aliphatic carbocycles. The fraction of sp³-hybridized carbons (Fsp3) is 0.500. The molecule has 0 aliphatic heterocycles. The SMILES string of the molecule is Cn1nccc1C(=O)NCc1cn2ncc(C(NC(=O)CC3CC(F)(F)C3)C3CC3)cc2n1. The number of nitrogens with one attached hydrogen (secondary N) is 2. The van der Waals surface area contributed by atoms with Gasteiger partial charge in [-0.15, -0.1) is 0 Å². The third-order valence-electron chi connectivity index (χ3n) is 6.29. The Morgan fingerprint density at radius 3 is 2.73 bits per heavy atom. The van der Waals surface area contributed by atoms with Crippen molar-refractivity contribution in [2.24, 2.45) is 18.9 Å². The molecule has 1 atom stereocenters. The molecular weight excluding hydrogens is 432 g/mol. The van der Waals surface area contributed by atoms with Crippen LogP contribution in [0.3, 0.4) is 0 Å². The van der Waals surface area contributed by atoms with E-state index < -0.39 is 5.92 Å². The fourth-order valence-corrected chi connectivity index (χ4v) is 4.38. The maximum Gasteiger partial charge on any atom is 0.269 e. The molecule has 0 radical (unpaired) electrons. The largest absolute Gasteiger partial charge is 0.349 e. The first-order chi connectivity index (χ1) is 15.8. The Hall–Kier alpha value is -3.37. The molecule has 33 heavy (non-hydrogen) atoms. The highest BCUT2D eigenvalue weighted by atomic mass is 19.3. The average Bonchev–Trinajstić information content (AvgIpc) is 3.36. The third-order valence-corrected chi connectivity index (χ3v) is 6.29. The predicted molar refractivity (Wildman–Crippen MR) is 113 cm³/mol. The van der Waals surface area contributed by atoms with Crippen molar-refractivity contribution in [1.82, 2.24) is 35.0 Å². The number of alkyl halides is 2. The molecule has 3 aromatic heterocycles. The van der Waals surface area contributed by atoms with E-state index in [1.807, 2.05) is 6.07 Å². The maximum atomic E-state index is 13.1. The lowest BCUT2D eigenvalue weighted by atomic mass is 9.79. The van der Waals surface area contributed by atoms with Gasteiger partial charge in [-0.1, -0.05) is 0 Å². The lowest BCUT2D eigenvalue weighted by Gasteiger charge is -2.34. The van der Waals surface area contributed by atoms with Crippen molar-refractivity contribution in [3.8, 4) is 0 Å². The summed E-state index contributed by atoms with van der Waals surface area (Å²) in [5.74, 6) is -3.01. The molecule has 1 unspecified atom stereocenters. The summed E-state index contributed by atoms with van der Waals surface area (Å²) in [7, 11) is 1.70. The predicted octanol–water partition coefficient (Wildman–Crippen LogP) is 2.40. The highest BCUT2D eigenvalue weighted by Crippen LogP contribution is 2.45. The zero-order chi connectivity index (χ0) is 23.2. The Labute approximate surface area is 188 Å². The van der Waals surface area contributed by atoms with Gasteiger partial charge in [0.05, 0.1) is 30.7 Å². The lowest BCUT2D eigenvalue weighted by molar-refractivity contribution is -0.134. The van der Waals surface area contributed by atoms with Gasteiger partial charge in [0.2, 0.25) is 11.8 Å². The Morgan fingerprint density at radius 2 is 2.06 bits per heavy atom. The Balaban J connectivity index is 1.24. The van der Waals surface area contributed by atoms with Gasteiger partial charge in [0.25, 0.3) is 5.91 Å². The molecule has 0 aromatic carbocycles. The summed E-state index contributed by atoms with van der Waals surface area (Å²) in [6.45, 7) is 0.234. The van der Waals surface area contributed by atoms with E-state index in [0.29, 0.717) is 23.0 Å². The molecule has 2 fully saturated rings. The molecule has 2 amide bonds. The lowest BCUT2D eigenvalue weighted by Crippen LogP contribution is -2.39. The number of fused-ring (bicyclic) bond motifs is 1. The van der Waals surface area contributed by atoms with Crippen LogP contribution in [0.2, 0.25) is 0 Å². The van der Waals surface area contributed by atoms with E-state index in [-0.39, 0.29) is 49.6 Å². The Morgan fingerprint density at radius 1 is 1.27 bits per heavy atom. The van der Waals surface area contributed by atoms with Crippen LogP contribution in [0, 0.1) is 11.8 Å². The van der Waals surface area contributed by atoms with Gasteiger partial charge in [-0.25, -0.2) is 18.3 Å². The molecule has 2 saturated carbocycles. The molecule has 0 bridgehead atoms. The monoisotopic (exact) mass is 457 g/mol. The second-order valence-electron chi connectivity index (χ2n) is 9.06. The first-order valence-electron chi connectivity index (χ1n) is 11.0.